The molecule has 3 amide bonds. The topological polar surface area (TPSA) is 118 Å². The van der Waals surface area contributed by atoms with Crippen molar-refractivity contribution in [2.24, 2.45) is 5.10 Å². The molecule has 9 nitrogen and oxygen atoms in total. The number of hydrogen-bond acceptors (Lipinski definition) is 6. The van der Waals surface area contributed by atoms with E-state index in [0.717, 1.165) is 4.47 Å². The molecular formula is C21H23BrN4O5. The molecule has 0 saturated carbocycles. The predicted octanol–water partition coefficient (Wildman–Crippen LogP) is 2.07. The van der Waals surface area contributed by atoms with Crippen LogP contribution in [0.2, 0.25) is 0 Å². The van der Waals surface area contributed by atoms with Gasteiger partial charge in [-0.3, -0.25) is 14.4 Å². The average Bonchev–Trinajstić information content (AvgIpc) is 2.76. The number of carbonyl (C=O) groups excluding carboxylic acids is 3. The van der Waals surface area contributed by atoms with Gasteiger partial charge in [0.2, 0.25) is 0 Å². The molecule has 0 saturated heterocycles. The molecule has 0 atom stereocenters. The summed E-state index contributed by atoms with van der Waals surface area (Å²) in [7, 11) is 1.55. The normalized spacial score (nSPS) is 10.5. The summed E-state index contributed by atoms with van der Waals surface area (Å²) in [5, 5.41) is 8.97. The molecule has 0 radical (unpaired) electrons. The van der Waals surface area contributed by atoms with Crippen LogP contribution in [0.15, 0.2) is 58.1 Å². The molecule has 3 N–H and O–H groups in total. The number of carbonyl (C=O) groups is 3. The quantitative estimate of drug-likeness (QED) is 0.204. The molecule has 0 bridgehead atoms. The summed E-state index contributed by atoms with van der Waals surface area (Å²) in [4.78, 5) is 35.5. The summed E-state index contributed by atoms with van der Waals surface area (Å²) < 4.78 is 11.2. The van der Waals surface area contributed by atoms with Crippen LogP contribution in [0.3, 0.4) is 0 Å². The lowest BCUT2D eigenvalue weighted by Crippen LogP contribution is -2.38. The maximum Gasteiger partial charge on any atom is 0.329 e. The summed E-state index contributed by atoms with van der Waals surface area (Å²) in [6, 6.07) is 14.1. The molecule has 0 unspecified atom stereocenters. The van der Waals surface area contributed by atoms with Crippen LogP contribution in [0.1, 0.15) is 12.0 Å². The number of ether oxygens (including phenoxy) is 2. The Bertz CT molecular complexity index is 921. The Balaban J connectivity index is 1.89. The Labute approximate surface area is 188 Å². The Morgan fingerprint density at radius 1 is 1.10 bits per heavy atom. The molecule has 164 valence electrons. The van der Waals surface area contributed by atoms with Gasteiger partial charge in [-0.15, -0.1) is 0 Å². The van der Waals surface area contributed by atoms with Crippen LogP contribution in [-0.4, -0.2) is 50.8 Å². The van der Waals surface area contributed by atoms with Crippen LogP contribution in [0, 0.1) is 0 Å². The number of para-hydroxylation sites is 1. The van der Waals surface area contributed by atoms with E-state index in [1.54, 1.807) is 37.4 Å². The van der Waals surface area contributed by atoms with Crippen molar-refractivity contribution in [3.05, 3.63) is 58.6 Å². The van der Waals surface area contributed by atoms with Gasteiger partial charge in [-0.2, -0.15) is 5.10 Å². The van der Waals surface area contributed by atoms with Crippen molar-refractivity contribution < 1.29 is 23.9 Å². The second-order valence-electron chi connectivity index (χ2n) is 6.19. The lowest BCUT2D eigenvalue weighted by molar-refractivity contribution is -0.139. The lowest BCUT2D eigenvalue weighted by atomic mass is 10.2. The molecule has 0 heterocycles. The molecular weight excluding hydrogens is 468 g/mol. The highest BCUT2D eigenvalue weighted by molar-refractivity contribution is 9.10. The Morgan fingerprint density at radius 2 is 1.87 bits per heavy atom. The number of hydrogen-bond donors (Lipinski definition) is 3. The van der Waals surface area contributed by atoms with E-state index in [-0.39, 0.29) is 12.5 Å². The van der Waals surface area contributed by atoms with Crippen LogP contribution in [0.25, 0.3) is 0 Å². The van der Waals surface area contributed by atoms with Gasteiger partial charge in [-0.1, -0.05) is 34.1 Å². The van der Waals surface area contributed by atoms with Gasteiger partial charge in [0.1, 0.15) is 5.75 Å². The first kappa shape index (κ1) is 24.0. The van der Waals surface area contributed by atoms with Crippen LogP contribution >= 0.6 is 15.9 Å². The molecule has 2 aromatic rings. The number of nitrogens with zero attached hydrogens (tertiary/aromatic N) is 1. The van der Waals surface area contributed by atoms with Crippen LogP contribution in [-0.2, 0) is 19.1 Å². The number of anilines is 1. The van der Waals surface area contributed by atoms with Gasteiger partial charge in [0.05, 0.1) is 6.21 Å². The Hall–Kier alpha value is -3.24. The monoisotopic (exact) mass is 490 g/mol. The number of halogens is 1. The van der Waals surface area contributed by atoms with Gasteiger partial charge in [0, 0.05) is 36.0 Å². The van der Waals surface area contributed by atoms with E-state index < -0.39 is 11.8 Å². The van der Waals surface area contributed by atoms with E-state index in [1.807, 2.05) is 18.2 Å². The molecule has 0 aromatic heterocycles. The Kier molecular flexibility index (Phi) is 10.2. The third kappa shape index (κ3) is 8.97. The summed E-state index contributed by atoms with van der Waals surface area (Å²) in [5.41, 5.74) is 3.32. The zero-order chi connectivity index (χ0) is 22.5. The zero-order valence-electron chi connectivity index (χ0n) is 16.9. The number of benzene rings is 2. The molecule has 0 spiro atoms. The Morgan fingerprint density at radius 3 is 2.61 bits per heavy atom. The van der Waals surface area contributed by atoms with Crippen molar-refractivity contribution in [3.63, 3.8) is 0 Å². The van der Waals surface area contributed by atoms with Crippen LogP contribution in [0.4, 0.5) is 5.69 Å². The van der Waals surface area contributed by atoms with E-state index in [2.05, 4.69) is 37.1 Å². The number of nitrogens with one attached hydrogen (secondary N) is 3. The maximum atomic E-state index is 12.1. The number of hydrazone groups is 1. The van der Waals surface area contributed by atoms with Crippen molar-refractivity contribution in [3.8, 4) is 5.75 Å². The first-order chi connectivity index (χ1) is 15.0. The molecule has 2 rings (SSSR count). The standard InChI is InChI=1S/C21H23BrN4O5/c1-30-11-5-10-23-20(28)21(29)26-24-13-15-12-16(22)8-9-18(15)31-14-19(27)25-17-6-3-2-4-7-17/h2-4,6-9,12-13H,5,10-11,14H2,1H3,(H,23,28)(H,25,27)(H,26,29)/b24-13-. The molecule has 0 aliphatic rings. The van der Waals surface area contributed by atoms with Gasteiger partial charge in [-0.05, 0) is 36.8 Å². The third-order valence-corrected chi connectivity index (χ3v) is 4.27. The first-order valence-corrected chi connectivity index (χ1v) is 10.2. The van der Waals surface area contributed by atoms with E-state index >= 15 is 0 Å². The summed E-state index contributed by atoms with van der Waals surface area (Å²) >= 11 is 3.35. The van der Waals surface area contributed by atoms with Crippen molar-refractivity contribution in [1.29, 1.82) is 0 Å². The highest BCUT2D eigenvalue weighted by Crippen LogP contribution is 2.22. The second kappa shape index (κ2) is 13.1. The zero-order valence-corrected chi connectivity index (χ0v) is 18.5. The molecule has 0 aliphatic carbocycles. The number of methoxy groups -OCH3 is 1. The van der Waals surface area contributed by atoms with Crippen LogP contribution < -0.4 is 20.8 Å². The summed E-state index contributed by atoms with van der Waals surface area (Å²) in [6.07, 6.45) is 1.92. The molecule has 2 aromatic carbocycles. The second-order valence-corrected chi connectivity index (χ2v) is 7.10. The minimum absolute atomic E-state index is 0.215. The molecule has 31 heavy (non-hydrogen) atoms. The smallest absolute Gasteiger partial charge is 0.329 e. The highest BCUT2D eigenvalue weighted by Gasteiger charge is 2.12. The van der Waals surface area contributed by atoms with Crippen molar-refractivity contribution in [1.82, 2.24) is 10.7 Å². The van der Waals surface area contributed by atoms with Gasteiger partial charge < -0.3 is 20.1 Å². The molecule has 0 fully saturated rings. The minimum Gasteiger partial charge on any atom is -0.483 e. The minimum atomic E-state index is -0.895. The number of rotatable bonds is 10. The van der Waals surface area contributed by atoms with Crippen LogP contribution in [0.5, 0.6) is 5.75 Å². The summed E-state index contributed by atoms with van der Waals surface area (Å²) in [5.74, 6) is -1.63. The lowest BCUT2D eigenvalue weighted by Gasteiger charge is -2.10. The summed E-state index contributed by atoms with van der Waals surface area (Å²) in [6.45, 7) is 0.584. The fourth-order valence-electron chi connectivity index (χ4n) is 2.32. The fourth-order valence-corrected chi connectivity index (χ4v) is 2.70. The molecule has 0 aliphatic heterocycles. The fraction of sp³-hybridized carbons (Fsp3) is 0.238. The van der Waals surface area contributed by atoms with E-state index in [1.165, 1.54) is 6.21 Å². The first-order valence-electron chi connectivity index (χ1n) is 9.37. The number of amides is 3. The average molecular weight is 491 g/mol. The molecule has 10 heteroatoms. The van der Waals surface area contributed by atoms with Crippen molar-refractivity contribution in [2.45, 2.75) is 6.42 Å². The van der Waals surface area contributed by atoms with Gasteiger partial charge in [-0.25, -0.2) is 5.43 Å². The maximum absolute atomic E-state index is 12.1. The van der Waals surface area contributed by atoms with E-state index in [4.69, 9.17) is 9.47 Å². The van der Waals surface area contributed by atoms with E-state index in [9.17, 15) is 14.4 Å². The SMILES string of the molecule is COCCCNC(=O)C(=O)N/N=C\c1cc(Br)ccc1OCC(=O)Nc1ccccc1. The van der Waals surface area contributed by atoms with Gasteiger partial charge >= 0.3 is 11.8 Å². The third-order valence-electron chi connectivity index (χ3n) is 3.77. The van der Waals surface area contributed by atoms with E-state index in [0.29, 0.717) is 36.6 Å². The van der Waals surface area contributed by atoms with Gasteiger partial charge in [0.15, 0.2) is 6.61 Å². The van der Waals surface area contributed by atoms with Gasteiger partial charge in [0.25, 0.3) is 5.91 Å². The van der Waals surface area contributed by atoms with Crippen molar-refractivity contribution >= 4 is 45.6 Å². The largest absolute Gasteiger partial charge is 0.483 e. The van der Waals surface area contributed by atoms with Crippen molar-refractivity contribution in [2.75, 3.05) is 32.2 Å². The highest BCUT2D eigenvalue weighted by atomic mass is 79.9. The predicted molar refractivity (Wildman–Crippen MR) is 120 cm³/mol.